The van der Waals surface area contributed by atoms with Gasteiger partial charge >= 0.3 is 0 Å². The van der Waals surface area contributed by atoms with E-state index in [0.717, 1.165) is 5.56 Å². The molecule has 86 valence electrons. The second-order valence-corrected chi connectivity index (χ2v) is 4.50. The van der Waals surface area contributed by atoms with Gasteiger partial charge in [-0.05, 0) is 33.6 Å². The monoisotopic (exact) mass is 287 g/mol. The van der Waals surface area contributed by atoms with Crippen molar-refractivity contribution >= 4 is 21.8 Å². The summed E-state index contributed by atoms with van der Waals surface area (Å²) in [6.07, 6.45) is 0. The molecule has 0 N–H and O–H groups in total. The van der Waals surface area contributed by atoms with E-state index in [1.165, 1.54) is 6.07 Å². The van der Waals surface area contributed by atoms with Gasteiger partial charge in [0.2, 0.25) is 0 Å². The maximum atomic E-state index is 13.3. The van der Waals surface area contributed by atoms with Crippen LogP contribution in [0.1, 0.15) is 15.9 Å². The molecule has 1 aromatic carbocycles. The van der Waals surface area contributed by atoms with Crippen LogP contribution in [0.5, 0.6) is 0 Å². The highest BCUT2D eigenvalue weighted by Crippen LogP contribution is 2.27. The van der Waals surface area contributed by atoms with Crippen molar-refractivity contribution in [2.24, 2.45) is 0 Å². The van der Waals surface area contributed by atoms with E-state index in [0.29, 0.717) is 29.7 Å². The van der Waals surface area contributed by atoms with Gasteiger partial charge in [-0.25, -0.2) is 4.39 Å². The predicted molar refractivity (Wildman–Crippen MR) is 60.7 cm³/mol. The first kappa shape index (κ1) is 11.5. The molecule has 0 saturated carbocycles. The van der Waals surface area contributed by atoms with Crippen LogP contribution in [-0.4, -0.2) is 31.1 Å². The number of carbonyl (C=O) groups excluding carboxylic acids is 1. The number of hydrogen-bond acceptors (Lipinski definition) is 2. The highest BCUT2D eigenvalue weighted by Gasteiger charge is 2.28. The van der Waals surface area contributed by atoms with Gasteiger partial charge in [0.15, 0.2) is 0 Å². The van der Waals surface area contributed by atoms with Crippen LogP contribution in [0.2, 0.25) is 0 Å². The van der Waals surface area contributed by atoms with Gasteiger partial charge < -0.3 is 9.64 Å². The Kier molecular flexibility index (Phi) is 3.25. The summed E-state index contributed by atoms with van der Waals surface area (Å²) in [6, 6.07) is 2.95. The lowest BCUT2D eigenvalue weighted by Gasteiger charge is -2.14. The van der Waals surface area contributed by atoms with Crippen LogP contribution in [0, 0.1) is 5.82 Å². The Hall–Kier alpha value is -0.940. The van der Waals surface area contributed by atoms with Crippen molar-refractivity contribution in [2.75, 3.05) is 20.3 Å². The zero-order valence-electron chi connectivity index (χ0n) is 8.80. The second-order valence-electron chi connectivity index (χ2n) is 3.64. The number of ether oxygens (including phenoxy) is 1. The van der Waals surface area contributed by atoms with Crippen LogP contribution in [0.4, 0.5) is 4.39 Å². The lowest BCUT2D eigenvalue weighted by atomic mass is 10.1. The van der Waals surface area contributed by atoms with Gasteiger partial charge in [-0.2, -0.15) is 0 Å². The van der Waals surface area contributed by atoms with Crippen molar-refractivity contribution in [2.45, 2.75) is 6.54 Å². The molecule has 0 radical (unpaired) electrons. The topological polar surface area (TPSA) is 29.5 Å². The summed E-state index contributed by atoms with van der Waals surface area (Å²) < 4.78 is 18.6. The van der Waals surface area contributed by atoms with Crippen LogP contribution in [0.25, 0.3) is 0 Å². The first-order chi connectivity index (χ1) is 7.63. The molecule has 0 atom stereocenters. The fourth-order valence-corrected chi connectivity index (χ4v) is 2.14. The molecule has 5 heteroatoms. The van der Waals surface area contributed by atoms with Gasteiger partial charge in [-0.15, -0.1) is 0 Å². The number of rotatable bonds is 3. The first-order valence-electron chi connectivity index (χ1n) is 4.89. The Morgan fingerprint density at radius 1 is 1.56 bits per heavy atom. The maximum Gasteiger partial charge on any atom is 0.254 e. The summed E-state index contributed by atoms with van der Waals surface area (Å²) in [5.74, 6) is -0.529. The number of benzene rings is 1. The summed E-state index contributed by atoms with van der Waals surface area (Å²) in [6.45, 7) is 1.54. The smallest absolute Gasteiger partial charge is 0.254 e. The predicted octanol–water partition coefficient (Wildman–Crippen LogP) is 2.19. The van der Waals surface area contributed by atoms with E-state index in [1.54, 1.807) is 18.1 Å². The van der Waals surface area contributed by atoms with Gasteiger partial charge in [0.25, 0.3) is 5.91 Å². The number of nitrogens with zero attached hydrogens (tertiary/aromatic N) is 1. The van der Waals surface area contributed by atoms with E-state index in [2.05, 4.69) is 15.9 Å². The lowest BCUT2D eigenvalue weighted by Crippen LogP contribution is -2.27. The third-order valence-electron chi connectivity index (χ3n) is 2.59. The molecule has 0 saturated heterocycles. The van der Waals surface area contributed by atoms with Crippen LogP contribution in [-0.2, 0) is 11.3 Å². The van der Waals surface area contributed by atoms with Crippen LogP contribution < -0.4 is 0 Å². The van der Waals surface area contributed by atoms with Crippen LogP contribution in [0.15, 0.2) is 16.6 Å². The zero-order valence-corrected chi connectivity index (χ0v) is 10.4. The molecule has 1 aromatic rings. The Labute approximate surface area is 101 Å². The van der Waals surface area contributed by atoms with Crippen molar-refractivity contribution in [3.63, 3.8) is 0 Å². The van der Waals surface area contributed by atoms with Crippen molar-refractivity contribution in [3.8, 4) is 0 Å². The molecule has 1 amide bonds. The number of hydrogen-bond donors (Lipinski definition) is 0. The zero-order chi connectivity index (χ0) is 11.7. The highest BCUT2D eigenvalue weighted by molar-refractivity contribution is 9.10. The SMILES string of the molecule is COCCN1Cc2cc(Br)c(F)cc2C1=O. The number of amides is 1. The van der Waals surface area contributed by atoms with Gasteiger partial charge in [-0.3, -0.25) is 4.79 Å². The summed E-state index contributed by atoms with van der Waals surface area (Å²) in [4.78, 5) is 13.5. The normalized spacial score (nSPS) is 14.4. The van der Waals surface area contributed by atoms with Crippen molar-refractivity contribution in [1.29, 1.82) is 0 Å². The molecule has 3 nitrogen and oxygen atoms in total. The van der Waals surface area contributed by atoms with Gasteiger partial charge in [0, 0.05) is 25.8 Å². The van der Waals surface area contributed by atoms with Crippen molar-refractivity contribution in [3.05, 3.63) is 33.5 Å². The van der Waals surface area contributed by atoms with E-state index < -0.39 is 5.82 Å². The van der Waals surface area contributed by atoms with E-state index in [1.807, 2.05) is 0 Å². The summed E-state index contributed by atoms with van der Waals surface area (Å²) in [5, 5.41) is 0. The fourth-order valence-electron chi connectivity index (χ4n) is 1.75. The van der Waals surface area contributed by atoms with E-state index in [-0.39, 0.29) is 5.91 Å². The van der Waals surface area contributed by atoms with Crippen molar-refractivity contribution < 1.29 is 13.9 Å². The molecular weight excluding hydrogens is 277 g/mol. The third kappa shape index (κ3) is 1.97. The molecule has 0 unspecified atom stereocenters. The molecular formula is C11H11BrFNO2. The largest absolute Gasteiger partial charge is 0.383 e. The minimum atomic E-state index is -0.402. The Balaban J connectivity index is 2.24. The molecule has 0 aliphatic carbocycles. The van der Waals surface area contributed by atoms with Crippen molar-refractivity contribution in [1.82, 2.24) is 4.90 Å². The molecule has 1 aliphatic rings. The molecule has 0 bridgehead atoms. The van der Waals surface area contributed by atoms with E-state index in [9.17, 15) is 9.18 Å². The standard InChI is InChI=1S/C11H11BrFNO2/c1-16-3-2-14-6-7-4-9(12)10(13)5-8(7)11(14)15/h4-5H,2-3,6H2,1H3. The fraction of sp³-hybridized carbons (Fsp3) is 0.364. The first-order valence-corrected chi connectivity index (χ1v) is 5.69. The molecule has 1 heterocycles. The quantitative estimate of drug-likeness (QED) is 0.853. The molecule has 1 aliphatic heterocycles. The minimum Gasteiger partial charge on any atom is -0.383 e. The van der Waals surface area contributed by atoms with Gasteiger partial charge in [0.1, 0.15) is 5.82 Å². The van der Waals surface area contributed by atoms with Crippen LogP contribution in [0.3, 0.4) is 0 Å². The Morgan fingerprint density at radius 2 is 2.31 bits per heavy atom. The molecule has 0 fully saturated rings. The van der Waals surface area contributed by atoms with Crippen LogP contribution >= 0.6 is 15.9 Å². The van der Waals surface area contributed by atoms with E-state index in [4.69, 9.17) is 4.74 Å². The Bertz CT molecular complexity index is 436. The minimum absolute atomic E-state index is 0.126. The number of halogens is 2. The summed E-state index contributed by atoms with van der Waals surface area (Å²) in [5.41, 5.74) is 1.31. The molecule has 16 heavy (non-hydrogen) atoms. The molecule has 2 rings (SSSR count). The summed E-state index contributed by atoms with van der Waals surface area (Å²) >= 11 is 3.11. The third-order valence-corrected chi connectivity index (χ3v) is 3.20. The number of carbonyl (C=O) groups is 1. The highest BCUT2D eigenvalue weighted by atomic mass is 79.9. The number of fused-ring (bicyclic) bond motifs is 1. The Morgan fingerprint density at radius 3 is 3.00 bits per heavy atom. The average Bonchev–Trinajstić information content (AvgIpc) is 2.54. The maximum absolute atomic E-state index is 13.3. The average molecular weight is 288 g/mol. The summed E-state index contributed by atoms with van der Waals surface area (Å²) in [7, 11) is 1.59. The lowest BCUT2D eigenvalue weighted by molar-refractivity contribution is 0.0719. The molecule has 0 spiro atoms. The van der Waals surface area contributed by atoms with Gasteiger partial charge in [-0.1, -0.05) is 0 Å². The second kappa shape index (κ2) is 4.51. The van der Waals surface area contributed by atoms with Gasteiger partial charge in [0.05, 0.1) is 11.1 Å². The molecule has 0 aromatic heterocycles. The number of methoxy groups -OCH3 is 1. The van der Waals surface area contributed by atoms with E-state index >= 15 is 0 Å².